The number of phenolic OH excluding ortho intramolecular Hbond substituents is 1. The summed E-state index contributed by atoms with van der Waals surface area (Å²) in [4.78, 5) is 14.0. The number of aromatic hydroxyl groups is 1. The molecule has 1 atom stereocenters. The van der Waals surface area contributed by atoms with Crippen LogP contribution in [0.4, 0.5) is 0 Å². The molecule has 0 radical (unpaired) electrons. The van der Waals surface area contributed by atoms with E-state index < -0.39 is 0 Å². The van der Waals surface area contributed by atoms with E-state index in [1.807, 2.05) is 66.7 Å². The van der Waals surface area contributed by atoms with Gasteiger partial charge in [-0.15, -0.1) is 10.2 Å². The van der Waals surface area contributed by atoms with Crippen LogP contribution in [0.5, 0.6) is 5.75 Å². The minimum Gasteiger partial charge on any atom is -0.508 e. The Kier molecular flexibility index (Phi) is 4.61. The van der Waals surface area contributed by atoms with Crippen molar-refractivity contribution < 1.29 is 5.11 Å². The predicted molar refractivity (Wildman–Crippen MR) is 119 cm³/mol. The maximum absolute atomic E-state index is 13.4. The zero-order chi connectivity index (χ0) is 20.5. The largest absolute Gasteiger partial charge is 0.508 e. The molecule has 0 amide bonds. The zero-order valence-electron chi connectivity index (χ0n) is 15.8. The first kappa shape index (κ1) is 18.3. The van der Waals surface area contributed by atoms with Gasteiger partial charge in [-0.3, -0.25) is 9.36 Å². The van der Waals surface area contributed by atoms with Gasteiger partial charge in [-0.05, 0) is 29.3 Å². The summed E-state index contributed by atoms with van der Waals surface area (Å²) in [5, 5.41) is 18.6. The Labute approximate surface area is 176 Å². The summed E-state index contributed by atoms with van der Waals surface area (Å²) in [6, 6.07) is 26.1. The van der Waals surface area contributed by atoms with Crippen LogP contribution in [0.3, 0.4) is 0 Å². The lowest BCUT2D eigenvalue weighted by Crippen LogP contribution is -2.40. The van der Waals surface area contributed by atoms with E-state index in [1.54, 1.807) is 28.8 Å². The summed E-state index contributed by atoms with van der Waals surface area (Å²) in [5.74, 6) is 0.159. The summed E-state index contributed by atoms with van der Waals surface area (Å²) in [6.45, 7) is 0. The van der Waals surface area contributed by atoms with E-state index in [4.69, 9.17) is 0 Å². The molecular weight excluding hydrogens is 394 g/mol. The van der Waals surface area contributed by atoms with Crippen molar-refractivity contribution in [2.45, 2.75) is 6.04 Å². The number of aromatic nitrogens is 1. The van der Waals surface area contributed by atoms with Gasteiger partial charge < -0.3 is 5.11 Å². The minimum atomic E-state index is -0.365. The van der Waals surface area contributed by atoms with Gasteiger partial charge in [-0.25, -0.2) is 0 Å². The molecule has 1 aliphatic rings. The summed E-state index contributed by atoms with van der Waals surface area (Å²) in [6.07, 6.45) is 1.78. The predicted octanol–water partition coefficient (Wildman–Crippen LogP) is 3.07. The molecule has 4 aromatic rings. The maximum atomic E-state index is 13.4. The van der Waals surface area contributed by atoms with E-state index in [0.717, 1.165) is 22.4 Å². The molecule has 0 fully saturated rings. The third kappa shape index (κ3) is 3.27. The Hall–Kier alpha value is -3.77. The summed E-state index contributed by atoms with van der Waals surface area (Å²) in [7, 11) is 0. The number of phenols is 1. The smallest absolute Gasteiger partial charge is 0.271 e. The monoisotopic (exact) mass is 411 g/mol. The van der Waals surface area contributed by atoms with E-state index in [2.05, 4.69) is 10.2 Å². The molecule has 3 aromatic carbocycles. The number of thiazole rings is 1. The zero-order valence-corrected chi connectivity index (χ0v) is 16.7. The maximum Gasteiger partial charge on any atom is 0.271 e. The van der Waals surface area contributed by atoms with Crippen molar-refractivity contribution >= 4 is 23.1 Å². The standard InChI is InChI=1S/C24H17N3O2S/c28-19-13-7-8-16(14-19)15-20-23(29)27-22(18-11-5-2-6-12-18)21(25-26-24(27)30-20)17-9-3-1-4-10-17/h1-15,22,28H/b20-15+. The van der Waals surface area contributed by atoms with Crippen LogP contribution in [0, 0.1) is 0 Å². The van der Waals surface area contributed by atoms with Gasteiger partial charge in [0, 0.05) is 5.56 Å². The number of fused-ring (bicyclic) bond motifs is 1. The van der Waals surface area contributed by atoms with E-state index in [0.29, 0.717) is 9.33 Å². The summed E-state index contributed by atoms with van der Waals surface area (Å²) >= 11 is 1.30. The molecule has 1 aromatic heterocycles. The van der Waals surface area contributed by atoms with Crippen molar-refractivity contribution in [3.8, 4) is 5.75 Å². The van der Waals surface area contributed by atoms with E-state index in [1.165, 1.54) is 11.3 Å². The average Bonchev–Trinajstić information content (AvgIpc) is 3.10. The Morgan fingerprint density at radius 2 is 1.63 bits per heavy atom. The molecule has 0 aliphatic carbocycles. The molecular formula is C24H17N3O2S. The third-order valence-corrected chi connectivity index (χ3v) is 5.92. The van der Waals surface area contributed by atoms with Gasteiger partial charge in [0.05, 0.1) is 10.2 Å². The summed E-state index contributed by atoms with van der Waals surface area (Å²) in [5.41, 5.74) is 3.27. The van der Waals surface area contributed by atoms with Crippen LogP contribution in [-0.4, -0.2) is 15.4 Å². The average molecular weight is 411 g/mol. The number of hydrogen-bond donors (Lipinski definition) is 1. The van der Waals surface area contributed by atoms with Gasteiger partial charge in [0.25, 0.3) is 5.56 Å². The number of rotatable bonds is 3. The van der Waals surface area contributed by atoms with Crippen LogP contribution in [0.2, 0.25) is 0 Å². The first-order valence-electron chi connectivity index (χ1n) is 9.49. The molecule has 5 nitrogen and oxygen atoms in total. The molecule has 1 N–H and O–H groups in total. The molecule has 0 saturated heterocycles. The Morgan fingerprint density at radius 1 is 0.900 bits per heavy atom. The van der Waals surface area contributed by atoms with Crippen LogP contribution in [-0.2, 0) is 0 Å². The highest BCUT2D eigenvalue weighted by Crippen LogP contribution is 2.24. The quantitative estimate of drug-likeness (QED) is 0.563. The Bertz CT molecular complexity index is 1420. The van der Waals surface area contributed by atoms with Crippen molar-refractivity contribution in [3.63, 3.8) is 0 Å². The fourth-order valence-corrected chi connectivity index (χ4v) is 4.54. The van der Waals surface area contributed by atoms with Crippen LogP contribution >= 0.6 is 11.3 Å². The van der Waals surface area contributed by atoms with Crippen LogP contribution < -0.4 is 14.9 Å². The first-order chi connectivity index (χ1) is 14.7. The molecule has 0 spiro atoms. The highest BCUT2D eigenvalue weighted by Gasteiger charge is 2.28. The molecule has 5 rings (SSSR count). The van der Waals surface area contributed by atoms with Crippen LogP contribution in [0.15, 0.2) is 99.9 Å². The molecule has 30 heavy (non-hydrogen) atoms. The minimum absolute atomic E-state index is 0.126. The van der Waals surface area contributed by atoms with Crippen molar-refractivity contribution in [3.05, 3.63) is 121 Å². The van der Waals surface area contributed by atoms with Gasteiger partial charge in [0.1, 0.15) is 11.8 Å². The number of nitrogens with zero attached hydrogens (tertiary/aromatic N) is 3. The van der Waals surface area contributed by atoms with Gasteiger partial charge in [-0.2, -0.15) is 0 Å². The number of hydrogen-bond acceptors (Lipinski definition) is 5. The molecule has 1 aliphatic heterocycles. The van der Waals surface area contributed by atoms with E-state index in [-0.39, 0.29) is 17.4 Å². The van der Waals surface area contributed by atoms with Crippen molar-refractivity contribution in [2.75, 3.05) is 0 Å². The fraction of sp³-hybridized carbons (Fsp3) is 0.0417. The van der Waals surface area contributed by atoms with Crippen molar-refractivity contribution in [1.82, 2.24) is 4.57 Å². The van der Waals surface area contributed by atoms with E-state index >= 15 is 0 Å². The molecule has 0 bridgehead atoms. The fourth-order valence-electron chi connectivity index (χ4n) is 3.59. The highest BCUT2D eigenvalue weighted by atomic mass is 32.1. The molecule has 6 heteroatoms. The van der Waals surface area contributed by atoms with Crippen LogP contribution in [0.25, 0.3) is 6.08 Å². The lowest BCUT2D eigenvalue weighted by molar-refractivity contribution is 0.475. The van der Waals surface area contributed by atoms with Gasteiger partial charge in [0.15, 0.2) is 0 Å². The van der Waals surface area contributed by atoms with Gasteiger partial charge >= 0.3 is 0 Å². The summed E-state index contributed by atoms with van der Waals surface area (Å²) < 4.78 is 2.26. The van der Waals surface area contributed by atoms with Crippen molar-refractivity contribution in [1.29, 1.82) is 0 Å². The normalized spacial score (nSPS) is 15.9. The Morgan fingerprint density at radius 3 is 2.37 bits per heavy atom. The number of benzene rings is 3. The lowest BCUT2D eigenvalue weighted by Gasteiger charge is -2.22. The first-order valence-corrected chi connectivity index (χ1v) is 10.3. The van der Waals surface area contributed by atoms with Crippen molar-refractivity contribution in [2.24, 2.45) is 10.2 Å². The van der Waals surface area contributed by atoms with Crippen LogP contribution in [0.1, 0.15) is 22.7 Å². The van der Waals surface area contributed by atoms with Gasteiger partial charge in [0.2, 0.25) is 4.80 Å². The molecule has 1 unspecified atom stereocenters. The SMILES string of the molecule is O=c1/c(=C\c2cccc(O)c2)sc2n1C(c1ccccc1)C(c1ccccc1)=NN=2. The second-order valence-electron chi connectivity index (χ2n) is 6.93. The highest BCUT2D eigenvalue weighted by molar-refractivity contribution is 7.07. The second-order valence-corrected chi connectivity index (χ2v) is 7.94. The lowest BCUT2D eigenvalue weighted by atomic mass is 9.96. The van der Waals surface area contributed by atoms with E-state index in [9.17, 15) is 9.90 Å². The molecule has 146 valence electrons. The molecule has 0 saturated carbocycles. The topological polar surface area (TPSA) is 66.9 Å². The molecule has 2 heterocycles. The Balaban J connectivity index is 1.73. The second kappa shape index (κ2) is 7.57. The third-order valence-electron chi connectivity index (χ3n) is 4.95. The van der Waals surface area contributed by atoms with Gasteiger partial charge in [-0.1, -0.05) is 84.1 Å².